The number of hydrogen-bond donors (Lipinski definition) is 0. The van der Waals surface area contributed by atoms with Gasteiger partial charge in [0.05, 0.1) is 20.3 Å². The molecule has 2 aliphatic rings. The first-order valence-corrected chi connectivity index (χ1v) is 8.59. The van der Waals surface area contributed by atoms with E-state index in [1.165, 1.54) is 18.4 Å². The average Bonchev–Trinajstić information content (AvgIpc) is 2.91. The second-order valence-corrected chi connectivity index (χ2v) is 6.62. The van der Waals surface area contributed by atoms with Crippen LogP contribution in [0.1, 0.15) is 37.2 Å². The SMILES string of the molecule is COc1cc(OC)nc(N2[C@@H]3CC[C@H]2CC(c2ccccc2)C3)n1. The zero-order valence-corrected chi connectivity index (χ0v) is 14.2. The van der Waals surface area contributed by atoms with Crippen LogP contribution in [0.4, 0.5) is 5.95 Å². The van der Waals surface area contributed by atoms with E-state index in [1.807, 2.05) is 0 Å². The third-order valence-electron chi connectivity index (χ3n) is 5.32. The molecular formula is C19H23N3O2. The van der Waals surface area contributed by atoms with Gasteiger partial charge < -0.3 is 14.4 Å². The van der Waals surface area contributed by atoms with Crippen molar-refractivity contribution >= 4 is 5.95 Å². The lowest BCUT2D eigenvalue weighted by atomic mass is 9.85. The quantitative estimate of drug-likeness (QED) is 0.862. The van der Waals surface area contributed by atoms with E-state index in [2.05, 4.69) is 45.2 Å². The summed E-state index contributed by atoms with van der Waals surface area (Å²) in [5.41, 5.74) is 1.46. The van der Waals surface area contributed by atoms with Crippen LogP contribution in [0.15, 0.2) is 36.4 Å². The van der Waals surface area contributed by atoms with Gasteiger partial charge in [0, 0.05) is 12.1 Å². The Bertz CT molecular complexity index is 671. The van der Waals surface area contributed by atoms with Gasteiger partial charge in [-0.3, -0.25) is 0 Å². The fourth-order valence-corrected chi connectivity index (χ4v) is 4.22. The summed E-state index contributed by atoms with van der Waals surface area (Å²) in [6.45, 7) is 0. The Labute approximate surface area is 142 Å². The van der Waals surface area contributed by atoms with Crippen LogP contribution in [0.3, 0.4) is 0 Å². The number of methoxy groups -OCH3 is 2. The van der Waals surface area contributed by atoms with E-state index in [0.29, 0.717) is 29.8 Å². The molecule has 2 aliphatic heterocycles. The van der Waals surface area contributed by atoms with Crippen LogP contribution in [0.25, 0.3) is 0 Å². The molecule has 0 amide bonds. The molecule has 2 bridgehead atoms. The summed E-state index contributed by atoms with van der Waals surface area (Å²) in [7, 11) is 3.25. The highest BCUT2D eigenvalue weighted by Gasteiger charge is 2.42. The summed E-state index contributed by atoms with van der Waals surface area (Å²) < 4.78 is 10.6. The number of piperidine rings is 1. The van der Waals surface area contributed by atoms with Crippen molar-refractivity contribution in [2.75, 3.05) is 19.1 Å². The second kappa shape index (κ2) is 6.30. The van der Waals surface area contributed by atoms with Crippen LogP contribution in [0, 0.1) is 0 Å². The minimum Gasteiger partial charge on any atom is -0.481 e. The predicted octanol–water partition coefficient (Wildman–Crippen LogP) is 3.41. The molecule has 0 N–H and O–H groups in total. The van der Waals surface area contributed by atoms with E-state index in [9.17, 15) is 0 Å². The van der Waals surface area contributed by atoms with Crippen LogP contribution >= 0.6 is 0 Å². The smallest absolute Gasteiger partial charge is 0.232 e. The number of aromatic nitrogens is 2. The van der Waals surface area contributed by atoms with E-state index in [-0.39, 0.29) is 0 Å². The first kappa shape index (κ1) is 15.2. The predicted molar refractivity (Wildman–Crippen MR) is 92.8 cm³/mol. The molecule has 2 saturated heterocycles. The normalized spacial score (nSPS) is 25.6. The van der Waals surface area contributed by atoms with Gasteiger partial charge in [-0.05, 0) is 37.2 Å². The van der Waals surface area contributed by atoms with E-state index in [0.717, 1.165) is 18.8 Å². The summed E-state index contributed by atoms with van der Waals surface area (Å²) in [5, 5.41) is 0. The lowest BCUT2D eigenvalue weighted by Crippen LogP contribution is -2.43. The molecule has 1 aromatic carbocycles. The van der Waals surface area contributed by atoms with Crippen molar-refractivity contribution in [2.45, 2.75) is 43.7 Å². The van der Waals surface area contributed by atoms with E-state index in [4.69, 9.17) is 9.47 Å². The number of rotatable bonds is 4. The molecule has 3 heterocycles. The largest absolute Gasteiger partial charge is 0.481 e. The first-order valence-electron chi connectivity index (χ1n) is 8.59. The van der Waals surface area contributed by atoms with Crippen molar-refractivity contribution in [1.29, 1.82) is 0 Å². The first-order chi connectivity index (χ1) is 11.8. The Morgan fingerprint density at radius 3 is 2.04 bits per heavy atom. The maximum Gasteiger partial charge on any atom is 0.232 e. The standard InChI is InChI=1S/C19H23N3O2/c1-23-17-12-18(24-2)21-19(20-17)22-15-8-9-16(22)11-14(10-15)13-6-4-3-5-7-13/h3-7,12,14-16H,8-11H2,1-2H3/t14?,15-,16+. The highest BCUT2D eigenvalue weighted by atomic mass is 16.5. The van der Waals surface area contributed by atoms with Crippen molar-refractivity contribution < 1.29 is 9.47 Å². The van der Waals surface area contributed by atoms with Crippen LogP contribution in [0.2, 0.25) is 0 Å². The van der Waals surface area contributed by atoms with Crippen molar-refractivity contribution in [3.05, 3.63) is 42.0 Å². The number of anilines is 1. The van der Waals surface area contributed by atoms with Gasteiger partial charge >= 0.3 is 0 Å². The Hall–Kier alpha value is -2.30. The molecule has 4 rings (SSSR count). The summed E-state index contributed by atoms with van der Waals surface area (Å²) in [6, 6.07) is 13.6. The Balaban J connectivity index is 1.61. The molecule has 0 spiro atoms. The fraction of sp³-hybridized carbons (Fsp3) is 0.474. The van der Waals surface area contributed by atoms with E-state index >= 15 is 0 Å². The van der Waals surface area contributed by atoms with Gasteiger partial charge in [-0.2, -0.15) is 9.97 Å². The lowest BCUT2D eigenvalue weighted by molar-refractivity contribution is 0.364. The highest BCUT2D eigenvalue weighted by Crippen LogP contribution is 2.44. The molecule has 1 unspecified atom stereocenters. The van der Waals surface area contributed by atoms with Gasteiger partial charge in [-0.15, -0.1) is 0 Å². The van der Waals surface area contributed by atoms with E-state index in [1.54, 1.807) is 20.3 Å². The molecule has 0 radical (unpaired) electrons. The van der Waals surface area contributed by atoms with Crippen LogP contribution in [-0.2, 0) is 0 Å². The highest BCUT2D eigenvalue weighted by molar-refractivity contribution is 5.42. The van der Waals surface area contributed by atoms with Crippen molar-refractivity contribution in [2.24, 2.45) is 0 Å². The second-order valence-electron chi connectivity index (χ2n) is 6.62. The Morgan fingerprint density at radius 1 is 0.917 bits per heavy atom. The molecular weight excluding hydrogens is 302 g/mol. The Morgan fingerprint density at radius 2 is 1.50 bits per heavy atom. The molecule has 126 valence electrons. The lowest BCUT2D eigenvalue weighted by Gasteiger charge is -2.39. The molecule has 0 aliphatic carbocycles. The van der Waals surface area contributed by atoms with Gasteiger partial charge in [0.25, 0.3) is 0 Å². The fourth-order valence-electron chi connectivity index (χ4n) is 4.22. The molecule has 5 nitrogen and oxygen atoms in total. The average molecular weight is 325 g/mol. The molecule has 5 heteroatoms. The van der Waals surface area contributed by atoms with Gasteiger partial charge in [0.2, 0.25) is 17.7 Å². The molecule has 1 aromatic heterocycles. The zero-order valence-electron chi connectivity index (χ0n) is 14.2. The Kier molecular flexibility index (Phi) is 4.00. The monoisotopic (exact) mass is 325 g/mol. The molecule has 24 heavy (non-hydrogen) atoms. The van der Waals surface area contributed by atoms with Gasteiger partial charge in [0.15, 0.2) is 0 Å². The van der Waals surface area contributed by atoms with Gasteiger partial charge in [-0.1, -0.05) is 30.3 Å². The molecule has 3 atom stereocenters. The number of benzene rings is 1. The third-order valence-corrected chi connectivity index (χ3v) is 5.32. The maximum atomic E-state index is 5.31. The van der Waals surface area contributed by atoms with Crippen LogP contribution in [-0.4, -0.2) is 36.3 Å². The summed E-state index contributed by atoms with van der Waals surface area (Å²) in [6.07, 6.45) is 4.72. The summed E-state index contributed by atoms with van der Waals surface area (Å²) in [4.78, 5) is 11.5. The van der Waals surface area contributed by atoms with Crippen molar-refractivity contribution in [3.63, 3.8) is 0 Å². The summed E-state index contributed by atoms with van der Waals surface area (Å²) >= 11 is 0. The third kappa shape index (κ3) is 2.68. The number of ether oxygens (including phenoxy) is 2. The minimum absolute atomic E-state index is 0.491. The summed E-state index contributed by atoms with van der Waals surface area (Å²) in [5.74, 6) is 2.49. The van der Waals surface area contributed by atoms with Gasteiger partial charge in [-0.25, -0.2) is 0 Å². The zero-order chi connectivity index (χ0) is 16.5. The molecule has 2 fully saturated rings. The number of nitrogens with zero attached hydrogens (tertiary/aromatic N) is 3. The number of hydrogen-bond acceptors (Lipinski definition) is 5. The van der Waals surface area contributed by atoms with E-state index < -0.39 is 0 Å². The topological polar surface area (TPSA) is 47.5 Å². The van der Waals surface area contributed by atoms with Crippen LogP contribution in [0.5, 0.6) is 11.8 Å². The molecule has 2 aromatic rings. The number of fused-ring (bicyclic) bond motifs is 2. The van der Waals surface area contributed by atoms with Gasteiger partial charge in [0.1, 0.15) is 0 Å². The van der Waals surface area contributed by atoms with Crippen molar-refractivity contribution in [3.8, 4) is 11.8 Å². The van der Waals surface area contributed by atoms with Crippen LogP contribution < -0.4 is 14.4 Å². The molecule has 0 saturated carbocycles. The van der Waals surface area contributed by atoms with Crippen molar-refractivity contribution in [1.82, 2.24) is 9.97 Å². The minimum atomic E-state index is 0.491. The maximum absolute atomic E-state index is 5.31.